The molecule has 0 atom stereocenters. The fourth-order valence-corrected chi connectivity index (χ4v) is 5.86. The van der Waals surface area contributed by atoms with Gasteiger partial charge < -0.3 is 9.08 Å². The molecule has 0 radical (unpaired) electrons. The molecule has 0 saturated carbocycles. The van der Waals surface area contributed by atoms with Gasteiger partial charge in [-0.3, -0.25) is 0 Å². The highest BCUT2D eigenvalue weighted by Crippen LogP contribution is 2.37. The van der Waals surface area contributed by atoms with Gasteiger partial charge >= 0.3 is 0 Å². The van der Waals surface area contributed by atoms with Gasteiger partial charge in [0.15, 0.2) is 0 Å². The maximum atomic E-state index is 13.0. The van der Waals surface area contributed by atoms with Gasteiger partial charge in [-0.2, -0.15) is 0 Å². The van der Waals surface area contributed by atoms with Gasteiger partial charge in [0, 0.05) is 16.5 Å². The molecule has 0 N–H and O–H groups in total. The van der Waals surface area contributed by atoms with Gasteiger partial charge in [-0.25, -0.2) is 12.4 Å². The zero-order valence-corrected chi connectivity index (χ0v) is 21.1. The molecule has 0 unspecified atom stereocenters. The number of hydrogen-bond donors (Lipinski definition) is 0. The first-order valence-electron chi connectivity index (χ1n) is 11.2. The zero-order chi connectivity index (χ0) is 23.1. The molecule has 0 bridgehead atoms. The molecule has 174 valence electrons. The first kappa shape index (κ1) is 24.7. The molecule has 7 heteroatoms. The van der Waals surface area contributed by atoms with Crippen molar-refractivity contribution in [3.63, 3.8) is 0 Å². The average Bonchev–Trinajstić information content (AvgIpc) is 3.18. The molecule has 2 aromatic rings. The monoisotopic (exact) mass is 474 g/mol. The third-order valence-corrected chi connectivity index (χ3v) is 8.30. The van der Waals surface area contributed by atoms with Crippen LogP contribution in [0, 0.1) is 0 Å². The van der Waals surface area contributed by atoms with Crippen LogP contribution in [0.2, 0.25) is 0 Å². The second-order valence-electron chi connectivity index (χ2n) is 8.18. The van der Waals surface area contributed by atoms with Gasteiger partial charge in [0.05, 0.1) is 23.3 Å². The zero-order valence-electron chi connectivity index (χ0n) is 19.5. The van der Waals surface area contributed by atoms with E-state index in [0.29, 0.717) is 5.92 Å². The molecule has 0 aliphatic carbocycles. The van der Waals surface area contributed by atoms with Crippen LogP contribution in [0.3, 0.4) is 0 Å². The van der Waals surface area contributed by atoms with E-state index >= 15 is 0 Å². The lowest BCUT2D eigenvalue weighted by Crippen LogP contribution is -2.29. The summed E-state index contributed by atoms with van der Waals surface area (Å²) in [4.78, 5) is 3.46. The van der Waals surface area contributed by atoms with E-state index < -0.39 is 10.0 Å². The summed E-state index contributed by atoms with van der Waals surface area (Å²) < 4.78 is 33.6. The summed E-state index contributed by atoms with van der Waals surface area (Å²) in [5.74, 6) is 1.07. The topological polar surface area (TPSA) is 51.5 Å². The summed E-state index contributed by atoms with van der Waals surface area (Å²) in [5.41, 5.74) is 1.83. The quantitative estimate of drug-likeness (QED) is 0.325. The van der Waals surface area contributed by atoms with E-state index in [4.69, 9.17) is 4.18 Å². The molecule has 1 fully saturated rings. The lowest BCUT2D eigenvalue weighted by atomic mass is 9.89. The Morgan fingerprint density at radius 1 is 1.16 bits per heavy atom. The van der Waals surface area contributed by atoms with Crippen LogP contribution in [0.4, 0.5) is 0 Å². The maximum absolute atomic E-state index is 13.0. The number of fused-ring (bicyclic) bond motifs is 1. The summed E-state index contributed by atoms with van der Waals surface area (Å²) in [6, 6.07) is 5.73. The molecule has 0 amide bonds. The molecule has 0 spiro atoms. The summed E-state index contributed by atoms with van der Waals surface area (Å²) in [6.45, 7) is 7.89. The number of piperidine rings is 1. The van der Waals surface area contributed by atoms with E-state index in [1.54, 1.807) is 12.2 Å². The van der Waals surface area contributed by atoms with E-state index in [9.17, 15) is 8.42 Å². The summed E-state index contributed by atoms with van der Waals surface area (Å²) in [7, 11) is -1.34. The largest absolute Gasteiger partial charge is 0.421 e. The second kappa shape index (κ2) is 11.3. The standard InChI is InChI=1S/C25H34N2O3S2/c1-5-8-10-22(7-3)31-30-21-11-12-25-23(18-21)24(20-13-15-26(4)16-14-20)19-27(25)32(28,29)17-9-6-2/h5-9,11-12,18-20H,10,13-17H2,1-4H3/b8-5-,9-6+,22-7+. The Balaban J connectivity index is 1.98. The van der Waals surface area contributed by atoms with E-state index in [1.165, 1.54) is 16.0 Å². The van der Waals surface area contributed by atoms with Crippen molar-refractivity contribution >= 4 is 33.0 Å². The van der Waals surface area contributed by atoms with Gasteiger partial charge in [-0.15, -0.1) is 0 Å². The number of nitrogens with zero attached hydrogens (tertiary/aromatic N) is 2. The van der Waals surface area contributed by atoms with Crippen molar-refractivity contribution in [2.24, 2.45) is 0 Å². The fraction of sp³-hybridized carbons (Fsp3) is 0.440. The smallest absolute Gasteiger partial charge is 0.242 e. The number of benzene rings is 1. The Morgan fingerprint density at radius 2 is 1.88 bits per heavy atom. The van der Waals surface area contributed by atoms with Gasteiger partial charge in [-0.05, 0) is 89.9 Å². The van der Waals surface area contributed by atoms with Crippen molar-refractivity contribution in [2.75, 3.05) is 25.9 Å². The van der Waals surface area contributed by atoms with E-state index in [0.717, 1.165) is 59.5 Å². The van der Waals surface area contributed by atoms with Crippen molar-refractivity contribution in [1.82, 2.24) is 8.87 Å². The minimum Gasteiger partial charge on any atom is -0.421 e. The normalized spacial score (nSPS) is 17.2. The Bertz CT molecular complexity index is 1110. The molecular weight excluding hydrogens is 440 g/mol. The fourth-order valence-electron chi connectivity index (χ4n) is 3.96. The Kier molecular flexibility index (Phi) is 8.68. The van der Waals surface area contributed by atoms with Crippen molar-refractivity contribution in [1.29, 1.82) is 0 Å². The van der Waals surface area contributed by atoms with Crippen LogP contribution in [-0.4, -0.2) is 43.2 Å². The number of aromatic nitrogens is 1. The van der Waals surface area contributed by atoms with Crippen LogP contribution in [0.25, 0.3) is 10.9 Å². The van der Waals surface area contributed by atoms with Gasteiger partial charge in [0.1, 0.15) is 5.75 Å². The van der Waals surface area contributed by atoms with Crippen LogP contribution in [-0.2, 0) is 10.0 Å². The lowest BCUT2D eigenvalue weighted by molar-refractivity contribution is 0.256. The number of hydrogen-bond acceptors (Lipinski definition) is 5. The van der Waals surface area contributed by atoms with Crippen molar-refractivity contribution in [3.8, 4) is 5.75 Å². The minimum absolute atomic E-state index is 0.0101. The predicted molar refractivity (Wildman–Crippen MR) is 137 cm³/mol. The minimum atomic E-state index is -3.47. The first-order chi connectivity index (χ1) is 15.4. The third kappa shape index (κ3) is 5.88. The number of allylic oxidation sites excluding steroid dienone is 5. The molecule has 1 aromatic carbocycles. The average molecular weight is 475 g/mol. The van der Waals surface area contributed by atoms with Gasteiger partial charge in [0.2, 0.25) is 10.0 Å². The summed E-state index contributed by atoms with van der Waals surface area (Å²) >= 11 is 1.36. The highest BCUT2D eigenvalue weighted by atomic mass is 32.2. The van der Waals surface area contributed by atoms with Crippen molar-refractivity contribution in [2.45, 2.75) is 46.0 Å². The number of likely N-dealkylation sites (tertiary alicyclic amines) is 1. The number of rotatable bonds is 9. The maximum Gasteiger partial charge on any atom is 0.242 e. The van der Waals surface area contributed by atoms with E-state index in [-0.39, 0.29) is 5.75 Å². The highest BCUT2D eigenvalue weighted by molar-refractivity contribution is 7.98. The summed E-state index contributed by atoms with van der Waals surface area (Å²) in [6.07, 6.45) is 14.4. The molecule has 32 heavy (non-hydrogen) atoms. The van der Waals surface area contributed by atoms with Crippen LogP contribution >= 0.6 is 12.0 Å². The molecule has 1 saturated heterocycles. The highest BCUT2D eigenvalue weighted by Gasteiger charge is 2.25. The van der Waals surface area contributed by atoms with Crippen LogP contribution in [0.1, 0.15) is 51.5 Å². The van der Waals surface area contributed by atoms with Crippen LogP contribution in [0.5, 0.6) is 5.75 Å². The first-order valence-corrected chi connectivity index (χ1v) is 13.5. The van der Waals surface area contributed by atoms with E-state index in [2.05, 4.69) is 24.1 Å². The Morgan fingerprint density at radius 3 is 2.53 bits per heavy atom. The molecule has 1 aliphatic heterocycles. The SMILES string of the molecule is C/C=C\C/C(=C\C)SOc1ccc2c(c1)c(C1CCN(C)CC1)cn2S(=O)(=O)C/C=C/C. The Labute approximate surface area is 197 Å². The summed E-state index contributed by atoms with van der Waals surface area (Å²) in [5, 5.41) is 0.970. The predicted octanol–water partition coefficient (Wildman–Crippen LogP) is 6.10. The van der Waals surface area contributed by atoms with Crippen molar-refractivity contribution in [3.05, 3.63) is 65.2 Å². The molecule has 5 nitrogen and oxygen atoms in total. The molecular formula is C25H34N2O3S2. The van der Waals surface area contributed by atoms with Gasteiger partial charge in [-0.1, -0.05) is 30.4 Å². The lowest BCUT2D eigenvalue weighted by Gasteiger charge is -2.28. The van der Waals surface area contributed by atoms with Gasteiger partial charge in [0.25, 0.3) is 0 Å². The van der Waals surface area contributed by atoms with Crippen molar-refractivity contribution < 1.29 is 12.6 Å². The van der Waals surface area contributed by atoms with Crippen LogP contribution in [0.15, 0.2) is 59.7 Å². The molecule has 2 heterocycles. The van der Waals surface area contributed by atoms with Crippen LogP contribution < -0.4 is 4.18 Å². The Hall–Kier alpha value is -1.96. The molecule has 1 aromatic heterocycles. The molecule has 3 rings (SSSR count). The third-order valence-electron chi connectivity index (χ3n) is 5.90. The molecule has 1 aliphatic rings. The van der Waals surface area contributed by atoms with E-state index in [1.807, 2.05) is 51.2 Å². The second-order valence-corrected chi connectivity index (χ2v) is 10.9.